The summed E-state index contributed by atoms with van der Waals surface area (Å²) in [5, 5.41) is 13.8. The first-order valence-electron chi connectivity index (χ1n) is 5.37. The fraction of sp³-hybridized carbons (Fsp3) is 0.154. The van der Waals surface area contributed by atoms with Crippen LogP contribution in [0, 0.1) is 12.7 Å². The van der Waals surface area contributed by atoms with Crippen molar-refractivity contribution in [2.75, 3.05) is 5.32 Å². The zero-order chi connectivity index (χ0) is 13.1. The molecule has 2 aromatic rings. The van der Waals surface area contributed by atoms with E-state index in [2.05, 4.69) is 5.32 Å². The van der Waals surface area contributed by atoms with Gasteiger partial charge in [0, 0.05) is 12.2 Å². The number of hydrogen-bond donors (Lipinski definition) is 2. The highest BCUT2D eigenvalue weighted by Gasteiger charge is 2.11. The quantitative estimate of drug-likeness (QED) is 0.889. The molecule has 0 amide bonds. The number of carboxylic acid groups (broad SMARTS) is 1. The molecule has 0 radical (unpaired) electrons. The van der Waals surface area contributed by atoms with Crippen LogP contribution in [0.3, 0.4) is 0 Å². The summed E-state index contributed by atoms with van der Waals surface area (Å²) >= 11 is 1.20. The minimum atomic E-state index is -0.919. The van der Waals surface area contributed by atoms with Gasteiger partial charge in [-0.25, -0.2) is 9.18 Å². The highest BCUT2D eigenvalue weighted by molar-refractivity contribution is 7.12. The normalized spacial score (nSPS) is 10.3. The van der Waals surface area contributed by atoms with Crippen LogP contribution in [0.4, 0.5) is 10.1 Å². The van der Waals surface area contributed by atoms with Crippen LogP contribution >= 0.6 is 11.3 Å². The molecule has 5 heteroatoms. The molecule has 1 aromatic carbocycles. The molecule has 0 fully saturated rings. The van der Waals surface area contributed by atoms with Crippen LogP contribution < -0.4 is 5.32 Å². The van der Waals surface area contributed by atoms with E-state index in [1.54, 1.807) is 30.5 Å². The van der Waals surface area contributed by atoms with Crippen LogP contribution in [-0.2, 0) is 6.54 Å². The average molecular weight is 265 g/mol. The van der Waals surface area contributed by atoms with E-state index in [-0.39, 0.29) is 5.82 Å². The third kappa shape index (κ3) is 2.68. The smallest absolute Gasteiger partial charge is 0.346 e. The van der Waals surface area contributed by atoms with Gasteiger partial charge in [-0.1, -0.05) is 0 Å². The van der Waals surface area contributed by atoms with E-state index in [0.29, 0.717) is 17.0 Å². The van der Waals surface area contributed by atoms with E-state index in [1.807, 2.05) is 0 Å². The van der Waals surface area contributed by atoms with E-state index in [0.717, 1.165) is 11.3 Å². The predicted molar refractivity (Wildman–Crippen MR) is 69.7 cm³/mol. The lowest BCUT2D eigenvalue weighted by Crippen LogP contribution is -2.04. The first-order valence-corrected chi connectivity index (χ1v) is 6.25. The molecule has 3 nitrogen and oxygen atoms in total. The Morgan fingerprint density at radius 2 is 2.22 bits per heavy atom. The number of aryl methyl sites for hydroxylation is 1. The lowest BCUT2D eigenvalue weighted by molar-refractivity contribution is 0.0701. The molecule has 0 aliphatic heterocycles. The number of halogens is 1. The van der Waals surface area contributed by atoms with Crippen LogP contribution in [0.25, 0.3) is 0 Å². The minimum Gasteiger partial charge on any atom is -0.477 e. The summed E-state index contributed by atoms with van der Waals surface area (Å²) in [5.74, 6) is -1.17. The van der Waals surface area contributed by atoms with Crippen molar-refractivity contribution < 1.29 is 14.3 Å². The predicted octanol–water partition coefficient (Wildman–Crippen LogP) is 3.51. The summed E-state index contributed by atoms with van der Waals surface area (Å²) in [6, 6.07) is 6.50. The number of rotatable bonds is 4. The first-order chi connectivity index (χ1) is 8.58. The molecule has 1 heterocycles. The maximum atomic E-state index is 13.1. The molecule has 18 heavy (non-hydrogen) atoms. The molecule has 94 valence electrons. The average Bonchev–Trinajstić information content (AvgIpc) is 2.79. The fourth-order valence-corrected chi connectivity index (χ4v) is 2.38. The molecule has 0 bridgehead atoms. The monoisotopic (exact) mass is 265 g/mol. The maximum Gasteiger partial charge on any atom is 0.346 e. The van der Waals surface area contributed by atoms with E-state index in [1.165, 1.54) is 17.4 Å². The van der Waals surface area contributed by atoms with E-state index < -0.39 is 5.97 Å². The van der Waals surface area contributed by atoms with Crippen molar-refractivity contribution in [1.29, 1.82) is 0 Å². The van der Waals surface area contributed by atoms with Gasteiger partial charge in [0.2, 0.25) is 0 Å². The highest BCUT2D eigenvalue weighted by atomic mass is 32.1. The Balaban J connectivity index is 2.09. The Hall–Kier alpha value is -1.88. The van der Waals surface area contributed by atoms with Crippen molar-refractivity contribution in [3.8, 4) is 0 Å². The molecule has 0 atom stereocenters. The van der Waals surface area contributed by atoms with Crippen LogP contribution in [0.1, 0.15) is 20.8 Å². The second-order valence-corrected chi connectivity index (χ2v) is 4.81. The Bertz CT molecular complexity index is 580. The SMILES string of the molecule is Cc1cc(NCc2ccsc2C(=O)O)ccc1F. The second kappa shape index (κ2) is 5.18. The molecule has 0 saturated heterocycles. The van der Waals surface area contributed by atoms with Crippen molar-refractivity contribution in [3.05, 3.63) is 51.5 Å². The van der Waals surface area contributed by atoms with Gasteiger partial charge in [0.05, 0.1) is 0 Å². The standard InChI is InChI=1S/C13H12FNO2S/c1-8-6-10(2-3-11(8)14)15-7-9-4-5-18-12(9)13(16)17/h2-6,15H,7H2,1H3,(H,16,17). The third-order valence-corrected chi connectivity index (χ3v) is 3.53. The zero-order valence-electron chi connectivity index (χ0n) is 9.74. The molecular formula is C13H12FNO2S. The summed E-state index contributed by atoms with van der Waals surface area (Å²) in [7, 11) is 0. The molecular weight excluding hydrogens is 253 g/mol. The molecule has 0 aliphatic carbocycles. The van der Waals surface area contributed by atoms with Gasteiger partial charge in [0.25, 0.3) is 0 Å². The number of carbonyl (C=O) groups is 1. The Morgan fingerprint density at radius 3 is 2.89 bits per heavy atom. The van der Waals surface area contributed by atoms with Gasteiger partial charge in [-0.2, -0.15) is 0 Å². The fourth-order valence-electron chi connectivity index (χ4n) is 1.61. The van der Waals surface area contributed by atoms with Crippen molar-refractivity contribution in [3.63, 3.8) is 0 Å². The van der Waals surface area contributed by atoms with Crippen molar-refractivity contribution in [2.24, 2.45) is 0 Å². The number of carboxylic acids is 1. The summed E-state index contributed by atoms with van der Waals surface area (Å²) in [6.45, 7) is 2.10. The number of aromatic carboxylic acids is 1. The van der Waals surface area contributed by atoms with Crippen LogP contribution in [0.2, 0.25) is 0 Å². The number of hydrogen-bond acceptors (Lipinski definition) is 3. The van der Waals surface area contributed by atoms with Crippen LogP contribution in [-0.4, -0.2) is 11.1 Å². The molecule has 2 N–H and O–H groups in total. The van der Waals surface area contributed by atoms with E-state index >= 15 is 0 Å². The Labute approximate surface area is 108 Å². The topological polar surface area (TPSA) is 49.3 Å². The van der Waals surface area contributed by atoms with Gasteiger partial charge in [-0.15, -0.1) is 11.3 Å². The first kappa shape index (κ1) is 12.6. The summed E-state index contributed by atoms with van der Waals surface area (Å²) in [4.78, 5) is 11.3. The Morgan fingerprint density at radius 1 is 1.44 bits per heavy atom. The molecule has 0 unspecified atom stereocenters. The second-order valence-electron chi connectivity index (χ2n) is 3.90. The molecule has 0 aliphatic rings. The number of benzene rings is 1. The summed E-state index contributed by atoms with van der Waals surface area (Å²) in [6.07, 6.45) is 0. The lowest BCUT2D eigenvalue weighted by Gasteiger charge is -2.07. The zero-order valence-corrected chi connectivity index (χ0v) is 10.6. The van der Waals surface area contributed by atoms with Gasteiger partial charge >= 0.3 is 5.97 Å². The van der Waals surface area contributed by atoms with Crippen molar-refractivity contribution >= 4 is 23.0 Å². The lowest BCUT2D eigenvalue weighted by atomic mass is 10.2. The number of anilines is 1. The van der Waals surface area contributed by atoms with Crippen molar-refractivity contribution in [2.45, 2.75) is 13.5 Å². The molecule has 1 aromatic heterocycles. The van der Waals surface area contributed by atoms with Gasteiger partial charge in [0.15, 0.2) is 0 Å². The Kier molecular flexibility index (Phi) is 3.62. The maximum absolute atomic E-state index is 13.1. The summed E-state index contributed by atoms with van der Waals surface area (Å²) in [5.41, 5.74) is 2.06. The van der Waals surface area contributed by atoms with Gasteiger partial charge < -0.3 is 10.4 Å². The van der Waals surface area contributed by atoms with Gasteiger partial charge in [-0.3, -0.25) is 0 Å². The highest BCUT2D eigenvalue weighted by Crippen LogP contribution is 2.19. The minimum absolute atomic E-state index is 0.248. The number of thiophene rings is 1. The third-order valence-electron chi connectivity index (χ3n) is 2.58. The summed E-state index contributed by atoms with van der Waals surface area (Å²) < 4.78 is 13.1. The molecule has 2 rings (SSSR count). The van der Waals surface area contributed by atoms with Gasteiger partial charge in [0.1, 0.15) is 10.7 Å². The van der Waals surface area contributed by atoms with Gasteiger partial charge in [-0.05, 0) is 47.7 Å². The molecule has 0 spiro atoms. The largest absolute Gasteiger partial charge is 0.477 e. The van der Waals surface area contributed by atoms with Crippen LogP contribution in [0.5, 0.6) is 0 Å². The van der Waals surface area contributed by atoms with Crippen molar-refractivity contribution in [1.82, 2.24) is 0 Å². The number of nitrogens with one attached hydrogen (secondary N) is 1. The molecule has 0 saturated carbocycles. The van der Waals surface area contributed by atoms with Crippen LogP contribution in [0.15, 0.2) is 29.6 Å². The van der Waals surface area contributed by atoms with E-state index in [9.17, 15) is 9.18 Å². The van der Waals surface area contributed by atoms with E-state index in [4.69, 9.17) is 5.11 Å².